The molecule has 0 aliphatic carbocycles. The molecule has 4 heteroatoms. The predicted molar refractivity (Wildman–Crippen MR) is 64.1 cm³/mol. The van der Waals surface area contributed by atoms with Crippen LogP contribution in [0.3, 0.4) is 0 Å². The molecule has 0 N–H and O–H groups in total. The summed E-state index contributed by atoms with van der Waals surface area (Å²) in [6, 6.07) is 10.6. The molecule has 1 aromatic carbocycles. The van der Waals surface area contributed by atoms with Crippen molar-refractivity contribution in [2.75, 3.05) is 6.61 Å². The minimum absolute atomic E-state index is 0.0101. The second kappa shape index (κ2) is 5.66. The summed E-state index contributed by atoms with van der Waals surface area (Å²) in [4.78, 5) is 11.5. The van der Waals surface area contributed by atoms with Gasteiger partial charge in [-0.15, -0.1) is 0 Å². The third kappa shape index (κ3) is 3.44. The van der Waals surface area contributed by atoms with E-state index in [0.29, 0.717) is 17.4 Å². The van der Waals surface area contributed by atoms with Crippen LogP contribution in [0.5, 0.6) is 0 Å². The Morgan fingerprint density at radius 1 is 1.24 bits per heavy atom. The lowest BCUT2D eigenvalue weighted by Gasteiger charge is -2.02. The van der Waals surface area contributed by atoms with E-state index in [1.54, 1.807) is 24.3 Å². The maximum absolute atomic E-state index is 11.5. The zero-order valence-electron chi connectivity index (χ0n) is 9.06. The standard InChI is InChI=1S/C13H11ClO3/c14-11-5-3-10(4-6-11)8-16-9-12(15)13-2-1-7-17-13/h1-7H,8-9H2. The first-order valence-electron chi connectivity index (χ1n) is 5.14. The third-order valence-corrected chi connectivity index (χ3v) is 2.46. The van der Waals surface area contributed by atoms with Crippen LogP contribution in [-0.2, 0) is 11.3 Å². The summed E-state index contributed by atoms with van der Waals surface area (Å²) in [6.07, 6.45) is 1.46. The molecule has 0 unspecified atom stereocenters. The van der Waals surface area contributed by atoms with Gasteiger partial charge in [0.15, 0.2) is 5.76 Å². The van der Waals surface area contributed by atoms with Crippen LogP contribution >= 0.6 is 11.6 Å². The molecular formula is C13H11ClO3. The molecule has 17 heavy (non-hydrogen) atoms. The van der Waals surface area contributed by atoms with Gasteiger partial charge >= 0.3 is 0 Å². The van der Waals surface area contributed by atoms with Crippen LogP contribution in [-0.4, -0.2) is 12.4 Å². The molecule has 0 saturated carbocycles. The highest BCUT2D eigenvalue weighted by Gasteiger charge is 2.08. The monoisotopic (exact) mass is 250 g/mol. The van der Waals surface area contributed by atoms with Gasteiger partial charge < -0.3 is 9.15 Å². The fourth-order valence-corrected chi connectivity index (χ4v) is 1.48. The third-order valence-electron chi connectivity index (χ3n) is 2.21. The van der Waals surface area contributed by atoms with Gasteiger partial charge in [-0.3, -0.25) is 4.79 Å². The van der Waals surface area contributed by atoms with E-state index in [1.165, 1.54) is 6.26 Å². The quantitative estimate of drug-likeness (QED) is 0.764. The lowest BCUT2D eigenvalue weighted by atomic mass is 10.2. The summed E-state index contributed by atoms with van der Waals surface area (Å²) >= 11 is 5.76. The second-order valence-electron chi connectivity index (χ2n) is 3.52. The fourth-order valence-electron chi connectivity index (χ4n) is 1.35. The van der Waals surface area contributed by atoms with Crippen molar-refractivity contribution in [1.82, 2.24) is 0 Å². The highest BCUT2D eigenvalue weighted by Crippen LogP contribution is 2.10. The Kier molecular flexibility index (Phi) is 3.96. The Hall–Kier alpha value is -1.58. The number of carbonyl (C=O) groups is 1. The van der Waals surface area contributed by atoms with E-state index in [9.17, 15) is 4.79 Å². The largest absolute Gasteiger partial charge is 0.461 e. The summed E-state index contributed by atoms with van der Waals surface area (Å²) in [6.45, 7) is 0.389. The van der Waals surface area contributed by atoms with Crippen LogP contribution in [0.4, 0.5) is 0 Å². The van der Waals surface area contributed by atoms with Crippen molar-refractivity contribution in [3.63, 3.8) is 0 Å². The molecule has 0 spiro atoms. The molecule has 2 aromatic rings. The van der Waals surface area contributed by atoms with E-state index in [2.05, 4.69) is 0 Å². The summed E-state index contributed by atoms with van der Waals surface area (Å²) < 4.78 is 10.3. The molecule has 2 rings (SSSR count). The first kappa shape index (κ1) is 11.9. The molecule has 88 valence electrons. The maximum atomic E-state index is 11.5. The minimum Gasteiger partial charge on any atom is -0.461 e. The number of ketones is 1. The Morgan fingerprint density at radius 3 is 2.65 bits per heavy atom. The average Bonchev–Trinajstić information content (AvgIpc) is 2.85. The van der Waals surface area contributed by atoms with Crippen LogP contribution in [0, 0.1) is 0 Å². The molecule has 0 bridgehead atoms. The molecule has 0 aliphatic rings. The highest BCUT2D eigenvalue weighted by molar-refractivity contribution is 6.30. The zero-order valence-corrected chi connectivity index (χ0v) is 9.81. The minimum atomic E-state index is -0.163. The van der Waals surface area contributed by atoms with Gasteiger partial charge in [-0.1, -0.05) is 23.7 Å². The van der Waals surface area contributed by atoms with Gasteiger partial charge in [0.2, 0.25) is 5.78 Å². The van der Waals surface area contributed by atoms with E-state index in [0.717, 1.165) is 5.56 Å². The van der Waals surface area contributed by atoms with E-state index in [1.807, 2.05) is 12.1 Å². The average molecular weight is 251 g/mol. The highest BCUT2D eigenvalue weighted by atomic mass is 35.5. The summed E-state index contributed by atoms with van der Waals surface area (Å²) in [5, 5.41) is 0.681. The molecule has 0 atom stereocenters. The van der Waals surface area contributed by atoms with Crippen LogP contribution in [0.2, 0.25) is 5.02 Å². The SMILES string of the molecule is O=C(COCc1ccc(Cl)cc1)c1ccco1. The molecule has 0 fully saturated rings. The number of ether oxygens (including phenoxy) is 1. The van der Waals surface area contributed by atoms with Crippen molar-refractivity contribution in [1.29, 1.82) is 0 Å². The van der Waals surface area contributed by atoms with E-state index < -0.39 is 0 Å². The van der Waals surface area contributed by atoms with Crippen LogP contribution < -0.4 is 0 Å². The molecular weight excluding hydrogens is 240 g/mol. The van der Waals surface area contributed by atoms with Gasteiger partial charge in [0, 0.05) is 5.02 Å². The lowest BCUT2D eigenvalue weighted by Crippen LogP contribution is -2.08. The molecule has 0 saturated heterocycles. The van der Waals surface area contributed by atoms with Crippen molar-refractivity contribution in [3.05, 3.63) is 59.0 Å². The van der Waals surface area contributed by atoms with Crippen molar-refractivity contribution in [2.45, 2.75) is 6.61 Å². The smallest absolute Gasteiger partial charge is 0.223 e. The number of furan rings is 1. The van der Waals surface area contributed by atoms with Crippen molar-refractivity contribution < 1.29 is 13.9 Å². The number of benzene rings is 1. The van der Waals surface area contributed by atoms with Gasteiger partial charge in [0.1, 0.15) is 6.61 Å². The van der Waals surface area contributed by atoms with Gasteiger partial charge in [-0.2, -0.15) is 0 Å². The normalized spacial score (nSPS) is 10.4. The summed E-state index contributed by atoms with van der Waals surface area (Å²) in [7, 11) is 0. The van der Waals surface area contributed by atoms with Crippen LogP contribution in [0.15, 0.2) is 47.1 Å². The molecule has 1 heterocycles. The molecule has 0 aliphatic heterocycles. The van der Waals surface area contributed by atoms with E-state index in [4.69, 9.17) is 20.8 Å². The summed E-state index contributed by atoms with van der Waals surface area (Å²) in [5.41, 5.74) is 0.974. The first-order chi connectivity index (χ1) is 8.25. The van der Waals surface area contributed by atoms with Gasteiger partial charge in [0.05, 0.1) is 12.9 Å². The van der Waals surface area contributed by atoms with E-state index >= 15 is 0 Å². The van der Waals surface area contributed by atoms with Crippen LogP contribution in [0.25, 0.3) is 0 Å². The van der Waals surface area contributed by atoms with Crippen molar-refractivity contribution >= 4 is 17.4 Å². The summed E-state index contributed by atoms with van der Waals surface area (Å²) in [5.74, 6) is 0.157. The predicted octanol–water partition coefficient (Wildman–Crippen LogP) is 3.33. The van der Waals surface area contributed by atoms with Crippen molar-refractivity contribution in [3.8, 4) is 0 Å². The van der Waals surface area contributed by atoms with Gasteiger partial charge in [-0.05, 0) is 29.8 Å². The number of carbonyl (C=O) groups excluding carboxylic acids is 1. The number of Topliss-reactive ketones (excluding diaryl/α,β-unsaturated/α-hetero) is 1. The Labute approximate surface area is 104 Å². The Bertz CT molecular complexity index is 474. The van der Waals surface area contributed by atoms with Gasteiger partial charge in [0.25, 0.3) is 0 Å². The first-order valence-corrected chi connectivity index (χ1v) is 5.52. The maximum Gasteiger partial charge on any atom is 0.223 e. The van der Waals surface area contributed by atoms with Crippen LogP contribution in [0.1, 0.15) is 16.1 Å². The van der Waals surface area contributed by atoms with Gasteiger partial charge in [-0.25, -0.2) is 0 Å². The number of rotatable bonds is 5. The second-order valence-corrected chi connectivity index (χ2v) is 3.96. The Morgan fingerprint density at radius 2 is 2.00 bits per heavy atom. The molecule has 3 nitrogen and oxygen atoms in total. The topological polar surface area (TPSA) is 39.4 Å². The molecule has 0 radical (unpaired) electrons. The van der Waals surface area contributed by atoms with Crippen molar-refractivity contribution in [2.24, 2.45) is 0 Å². The molecule has 1 aromatic heterocycles. The zero-order chi connectivity index (χ0) is 12.1. The number of hydrogen-bond donors (Lipinski definition) is 0. The number of hydrogen-bond acceptors (Lipinski definition) is 3. The Balaban J connectivity index is 1.80. The number of halogens is 1. The molecule has 0 amide bonds. The van der Waals surface area contributed by atoms with E-state index in [-0.39, 0.29) is 12.4 Å². The fraction of sp³-hybridized carbons (Fsp3) is 0.154. The lowest BCUT2D eigenvalue weighted by molar-refractivity contribution is 0.0700.